The second-order valence-electron chi connectivity index (χ2n) is 10.5. The predicted molar refractivity (Wildman–Crippen MR) is 142 cm³/mol. The maximum absolute atomic E-state index is 13.2. The number of esters is 1. The Balaban J connectivity index is 2.07. The van der Waals surface area contributed by atoms with Gasteiger partial charge in [-0.25, -0.2) is 4.79 Å². The molecule has 1 fully saturated rings. The Labute approximate surface area is 213 Å². The monoisotopic (exact) mass is 491 g/mol. The molecule has 3 aromatic rings. The van der Waals surface area contributed by atoms with E-state index in [1.807, 2.05) is 45.0 Å². The third kappa shape index (κ3) is 5.44. The normalized spacial score (nSPS) is 14.6. The van der Waals surface area contributed by atoms with Crippen LogP contribution in [-0.2, 0) is 14.3 Å². The van der Waals surface area contributed by atoms with Crippen LogP contribution in [0.4, 0.5) is 0 Å². The first-order valence-corrected chi connectivity index (χ1v) is 12.5. The number of nitrogens with zero attached hydrogens (tertiary/aromatic N) is 1. The molecule has 0 aliphatic heterocycles. The summed E-state index contributed by atoms with van der Waals surface area (Å²) < 4.78 is 11.6. The van der Waals surface area contributed by atoms with E-state index in [-0.39, 0.29) is 5.92 Å². The highest BCUT2D eigenvalue weighted by molar-refractivity contribution is 6.30. The van der Waals surface area contributed by atoms with E-state index in [2.05, 4.69) is 39.0 Å². The molecule has 4 rings (SSSR count). The number of aryl methyl sites for hydroxylation is 2. The van der Waals surface area contributed by atoms with E-state index in [1.54, 1.807) is 0 Å². The topological polar surface area (TPSA) is 48.4 Å². The zero-order chi connectivity index (χ0) is 25.5. The van der Waals surface area contributed by atoms with E-state index in [9.17, 15) is 4.79 Å². The summed E-state index contributed by atoms with van der Waals surface area (Å²) in [6.45, 7) is 12.2. The van der Waals surface area contributed by atoms with Crippen LogP contribution in [0.15, 0.2) is 42.5 Å². The van der Waals surface area contributed by atoms with Gasteiger partial charge in [-0.3, -0.25) is 4.98 Å². The molecule has 0 bridgehead atoms. The van der Waals surface area contributed by atoms with Crippen LogP contribution in [0.3, 0.4) is 0 Å². The lowest BCUT2D eigenvalue weighted by Gasteiger charge is -2.30. The fourth-order valence-corrected chi connectivity index (χ4v) is 4.62. The molecule has 0 spiro atoms. The van der Waals surface area contributed by atoms with Gasteiger partial charge in [0, 0.05) is 22.1 Å². The van der Waals surface area contributed by atoms with E-state index in [1.165, 1.54) is 18.2 Å². The molecule has 1 atom stereocenters. The van der Waals surface area contributed by atoms with E-state index in [0.717, 1.165) is 52.0 Å². The molecule has 1 heterocycles. The highest BCUT2D eigenvalue weighted by Gasteiger charge is 2.39. The Morgan fingerprint density at radius 1 is 1.00 bits per heavy atom. The van der Waals surface area contributed by atoms with Gasteiger partial charge in [0.2, 0.25) is 0 Å². The summed E-state index contributed by atoms with van der Waals surface area (Å²) in [6.07, 6.45) is 1.19. The molecule has 1 aliphatic rings. The standard InChI is InChI=1S/C30H34ClNO3/c1-17-8-9-22(16-18(17)2)26-19(3)24(20-12-14-23(31)15-13-20)25(27(32-26)21-10-11-21)28(29(33)34-7)35-30(4,5)6/h8-9,12-16,21,28H,10-11H2,1-7H3/t28-/m0/s1. The number of pyridine rings is 1. The van der Waals surface area contributed by atoms with Gasteiger partial charge in [0.25, 0.3) is 0 Å². The molecule has 35 heavy (non-hydrogen) atoms. The van der Waals surface area contributed by atoms with E-state index >= 15 is 0 Å². The summed E-state index contributed by atoms with van der Waals surface area (Å²) in [5.74, 6) is -0.130. The molecule has 0 amide bonds. The summed E-state index contributed by atoms with van der Waals surface area (Å²) in [4.78, 5) is 18.4. The zero-order valence-corrected chi connectivity index (χ0v) is 22.4. The summed E-state index contributed by atoms with van der Waals surface area (Å²) in [6, 6.07) is 14.2. The number of carbonyl (C=O) groups is 1. The van der Waals surface area contributed by atoms with Crippen molar-refractivity contribution in [1.29, 1.82) is 0 Å². The number of hydrogen-bond donors (Lipinski definition) is 0. The van der Waals surface area contributed by atoms with Crippen LogP contribution in [0.25, 0.3) is 22.4 Å². The van der Waals surface area contributed by atoms with Gasteiger partial charge in [-0.15, -0.1) is 0 Å². The van der Waals surface area contributed by atoms with E-state index in [0.29, 0.717) is 5.02 Å². The number of ether oxygens (including phenoxy) is 2. The molecule has 2 aromatic carbocycles. The summed E-state index contributed by atoms with van der Waals surface area (Å²) in [5.41, 5.74) is 8.58. The number of benzene rings is 2. The molecule has 1 saturated carbocycles. The van der Waals surface area contributed by atoms with Gasteiger partial charge in [-0.05, 0) is 100 Å². The first kappa shape index (κ1) is 25.4. The zero-order valence-electron chi connectivity index (χ0n) is 21.7. The van der Waals surface area contributed by atoms with Crippen molar-refractivity contribution in [3.05, 3.63) is 75.4 Å². The minimum Gasteiger partial charge on any atom is -0.467 e. The maximum Gasteiger partial charge on any atom is 0.339 e. The number of carbonyl (C=O) groups excluding carboxylic acids is 1. The van der Waals surface area contributed by atoms with Crippen molar-refractivity contribution < 1.29 is 14.3 Å². The lowest BCUT2D eigenvalue weighted by Crippen LogP contribution is -2.30. The van der Waals surface area contributed by atoms with Crippen LogP contribution >= 0.6 is 11.6 Å². The van der Waals surface area contributed by atoms with Crippen molar-refractivity contribution in [1.82, 2.24) is 4.98 Å². The lowest BCUT2D eigenvalue weighted by atomic mass is 9.87. The van der Waals surface area contributed by atoms with Gasteiger partial charge in [0.15, 0.2) is 6.10 Å². The number of rotatable bonds is 6. The number of aromatic nitrogens is 1. The fraction of sp³-hybridized carbons (Fsp3) is 0.400. The predicted octanol–water partition coefficient (Wildman–Crippen LogP) is 7.90. The Morgan fingerprint density at radius 3 is 2.17 bits per heavy atom. The number of halogens is 1. The van der Waals surface area contributed by atoms with Crippen molar-refractivity contribution in [2.75, 3.05) is 7.11 Å². The Bertz CT molecular complexity index is 1250. The molecule has 1 aromatic heterocycles. The smallest absolute Gasteiger partial charge is 0.339 e. The SMILES string of the molecule is COC(=O)[C@@H](OC(C)(C)C)c1c(C2CC2)nc(-c2ccc(C)c(C)c2)c(C)c1-c1ccc(Cl)cc1. The van der Waals surface area contributed by atoms with E-state index < -0.39 is 17.7 Å². The van der Waals surface area contributed by atoms with Gasteiger partial charge in [-0.1, -0.05) is 35.9 Å². The number of hydrogen-bond acceptors (Lipinski definition) is 4. The lowest BCUT2D eigenvalue weighted by molar-refractivity contribution is -0.164. The second kappa shape index (κ2) is 9.75. The van der Waals surface area contributed by atoms with Crippen LogP contribution in [0, 0.1) is 20.8 Å². The van der Waals surface area contributed by atoms with Crippen LogP contribution in [-0.4, -0.2) is 23.7 Å². The van der Waals surface area contributed by atoms with Gasteiger partial charge in [0.1, 0.15) is 0 Å². The fourth-order valence-electron chi connectivity index (χ4n) is 4.49. The molecular formula is C30H34ClNO3. The Kier molecular flexibility index (Phi) is 7.08. The van der Waals surface area contributed by atoms with Crippen LogP contribution in [0.5, 0.6) is 0 Å². The summed E-state index contributed by atoms with van der Waals surface area (Å²) in [5, 5.41) is 0.661. The second-order valence-corrected chi connectivity index (χ2v) is 10.9. The first-order valence-electron chi connectivity index (χ1n) is 12.1. The first-order chi connectivity index (χ1) is 16.5. The molecule has 5 heteroatoms. The van der Waals surface area contributed by atoms with Crippen LogP contribution in [0.1, 0.15) is 73.6 Å². The van der Waals surface area contributed by atoms with Crippen molar-refractivity contribution in [2.24, 2.45) is 0 Å². The highest BCUT2D eigenvalue weighted by Crippen LogP contribution is 2.49. The average molecular weight is 492 g/mol. The van der Waals surface area contributed by atoms with Gasteiger partial charge >= 0.3 is 5.97 Å². The molecule has 1 aliphatic carbocycles. The molecular weight excluding hydrogens is 458 g/mol. The highest BCUT2D eigenvalue weighted by atomic mass is 35.5. The average Bonchev–Trinajstić information content (AvgIpc) is 3.64. The Hall–Kier alpha value is -2.69. The van der Waals surface area contributed by atoms with Crippen molar-refractivity contribution in [2.45, 2.75) is 72.0 Å². The summed E-state index contributed by atoms with van der Waals surface area (Å²) >= 11 is 6.24. The molecule has 0 unspecified atom stereocenters. The largest absolute Gasteiger partial charge is 0.467 e. The third-order valence-electron chi connectivity index (χ3n) is 6.53. The maximum atomic E-state index is 13.2. The van der Waals surface area contributed by atoms with Crippen molar-refractivity contribution in [3.8, 4) is 22.4 Å². The van der Waals surface area contributed by atoms with Gasteiger partial charge < -0.3 is 9.47 Å². The molecule has 0 radical (unpaired) electrons. The van der Waals surface area contributed by atoms with Crippen molar-refractivity contribution in [3.63, 3.8) is 0 Å². The summed E-state index contributed by atoms with van der Waals surface area (Å²) in [7, 11) is 1.41. The van der Waals surface area contributed by atoms with E-state index in [4.69, 9.17) is 26.1 Å². The number of methoxy groups -OCH3 is 1. The van der Waals surface area contributed by atoms with Gasteiger partial charge in [-0.2, -0.15) is 0 Å². The third-order valence-corrected chi connectivity index (χ3v) is 6.79. The molecule has 4 nitrogen and oxygen atoms in total. The molecule has 184 valence electrons. The van der Waals surface area contributed by atoms with Crippen LogP contribution in [0.2, 0.25) is 5.02 Å². The Morgan fingerprint density at radius 2 is 1.63 bits per heavy atom. The minimum absolute atomic E-state index is 0.290. The molecule has 0 N–H and O–H groups in total. The minimum atomic E-state index is -0.888. The van der Waals surface area contributed by atoms with Crippen molar-refractivity contribution >= 4 is 17.6 Å². The quantitative estimate of drug-likeness (QED) is 0.329. The van der Waals surface area contributed by atoms with Crippen LogP contribution < -0.4 is 0 Å². The van der Waals surface area contributed by atoms with Gasteiger partial charge in [0.05, 0.1) is 24.1 Å². The molecule has 0 saturated heterocycles.